The zero-order valence-corrected chi connectivity index (χ0v) is 8.81. The molecule has 17 heavy (non-hydrogen) atoms. The summed E-state index contributed by atoms with van der Waals surface area (Å²) in [7, 11) is 0. The normalized spacial score (nSPS) is 10.2. The minimum atomic E-state index is -1.28. The summed E-state index contributed by atoms with van der Waals surface area (Å²) in [5, 5.41) is 11.7. The molecule has 0 saturated carbocycles. The average molecular weight is 235 g/mol. The first-order chi connectivity index (χ1) is 8.16. The van der Waals surface area contributed by atoms with Crippen LogP contribution in [0.15, 0.2) is 41.2 Å². The molecule has 0 aliphatic carbocycles. The molecule has 4 nitrogen and oxygen atoms in total. The number of furan rings is 1. The molecule has 0 unspecified atom stereocenters. The number of carboxylic acids is 1. The zero-order valence-electron chi connectivity index (χ0n) is 8.81. The Hall–Kier alpha value is -2.30. The Morgan fingerprint density at radius 3 is 2.88 bits per heavy atom. The Bertz CT molecular complexity index is 523. The van der Waals surface area contributed by atoms with Crippen LogP contribution in [0.4, 0.5) is 10.1 Å². The monoisotopic (exact) mass is 235 g/mol. The standard InChI is InChI=1S/C12H10FNO3/c13-11-2-1-9(5-10(11)12(15)16)14-6-8-3-4-17-7-8/h1-5,7,14H,6H2,(H,15,16). The van der Waals surface area contributed by atoms with Gasteiger partial charge in [-0.3, -0.25) is 0 Å². The van der Waals surface area contributed by atoms with Crippen molar-refractivity contribution in [3.8, 4) is 0 Å². The van der Waals surface area contributed by atoms with Gasteiger partial charge in [0.15, 0.2) is 0 Å². The fourth-order valence-corrected chi connectivity index (χ4v) is 1.40. The van der Waals surface area contributed by atoms with E-state index in [0.717, 1.165) is 11.6 Å². The molecule has 1 aromatic heterocycles. The van der Waals surface area contributed by atoms with E-state index in [-0.39, 0.29) is 5.56 Å². The molecule has 0 amide bonds. The molecule has 2 rings (SSSR count). The summed E-state index contributed by atoms with van der Waals surface area (Å²) in [5.41, 5.74) is 1.12. The number of rotatable bonds is 4. The number of halogens is 1. The van der Waals surface area contributed by atoms with E-state index in [2.05, 4.69) is 5.32 Å². The van der Waals surface area contributed by atoms with E-state index in [1.54, 1.807) is 18.6 Å². The molecule has 0 saturated heterocycles. The highest BCUT2D eigenvalue weighted by Crippen LogP contribution is 2.15. The molecule has 0 spiro atoms. The third kappa shape index (κ3) is 2.63. The van der Waals surface area contributed by atoms with Gasteiger partial charge in [0.1, 0.15) is 5.82 Å². The third-order valence-corrected chi connectivity index (χ3v) is 2.27. The summed E-state index contributed by atoms with van der Waals surface area (Å²) in [5.74, 6) is -2.03. The number of carbonyl (C=O) groups is 1. The topological polar surface area (TPSA) is 62.5 Å². The summed E-state index contributed by atoms with van der Waals surface area (Å²) in [6.07, 6.45) is 3.12. The van der Waals surface area contributed by atoms with Gasteiger partial charge in [-0.2, -0.15) is 0 Å². The summed E-state index contributed by atoms with van der Waals surface area (Å²) in [6, 6.07) is 5.66. The molecular formula is C12H10FNO3. The van der Waals surface area contributed by atoms with Crippen molar-refractivity contribution in [2.45, 2.75) is 6.54 Å². The first kappa shape index (κ1) is 11.2. The molecule has 0 aliphatic heterocycles. The number of benzene rings is 1. The minimum absolute atomic E-state index is 0.345. The van der Waals surface area contributed by atoms with E-state index in [0.29, 0.717) is 12.2 Å². The number of anilines is 1. The van der Waals surface area contributed by atoms with E-state index in [1.165, 1.54) is 12.1 Å². The number of hydrogen-bond donors (Lipinski definition) is 2. The molecule has 0 atom stereocenters. The highest BCUT2D eigenvalue weighted by Gasteiger charge is 2.10. The van der Waals surface area contributed by atoms with Gasteiger partial charge in [0.05, 0.1) is 18.1 Å². The summed E-state index contributed by atoms with van der Waals surface area (Å²) in [4.78, 5) is 10.7. The number of carboxylic acid groups (broad SMARTS) is 1. The Kier molecular flexibility index (Phi) is 3.09. The quantitative estimate of drug-likeness (QED) is 0.855. The van der Waals surface area contributed by atoms with Crippen LogP contribution < -0.4 is 5.32 Å². The maximum Gasteiger partial charge on any atom is 0.338 e. The number of hydrogen-bond acceptors (Lipinski definition) is 3. The maximum absolute atomic E-state index is 13.1. The maximum atomic E-state index is 13.1. The zero-order chi connectivity index (χ0) is 12.3. The fourth-order valence-electron chi connectivity index (χ4n) is 1.40. The smallest absolute Gasteiger partial charge is 0.338 e. The van der Waals surface area contributed by atoms with Gasteiger partial charge in [-0.05, 0) is 24.3 Å². The number of nitrogens with one attached hydrogen (secondary N) is 1. The van der Waals surface area contributed by atoms with Crippen LogP contribution in [0.25, 0.3) is 0 Å². The Morgan fingerprint density at radius 2 is 2.24 bits per heavy atom. The Labute approximate surface area is 96.7 Å². The van der Waals surface area contributed by atoms with Crippen LogP contribution in [0.1, 0.15) is 15.9 Å². The molecule has 2 N–H and O–H groups in total. The summed E-state index contributed by atoms with van der Waals surface area (Å²) >= 11 is 0. The Morgan fingerprint density at radius 1 is 1.41 bits per heavy atom. The third-order valence-electron chi connectivity index (χ3n) is 2.27. The largest absolute Gasteiger partial charge is 0.478 e. The van der Waals surface area contributed by atoms with Crippen LogP contribution in [0.2, 0.25) is 0 Å². The second-order valence-corrected chi connectivity index (χ2v) is 3.48. The van der Waals surface area contributed by atoms with Crippen LogP contribution >= 0.6 is 0 Å². The van der Waals surface area contributed by atoms with Gasteiger partial charge in [0.2, 0.25) is 0 Å². The molecule has 88 valence electrons. The second kappa shape index (κ2) is 4.69. The van der Waals surface area contributed by atoms with E-state index >= 15 is 0 Å². The van der Waals surface area contributed by atoms with Gasteiger partial charge < -0.3 is 14.8 Å². The first-order valence-corrected chi connectivity index (χ1v) is 4.94. The van der Waals surface area contributed by atoms with Crippen molar-refractivity contribution in [1.29, 1.82) is 0 Å². The van der Waals surface area contributed by atoms with Crippen molar-refractivity contribution in [2.75, 3.05) is 5.32 Å². The fraction of sp³-hybridized carbons (Fsp3) is 0.0833. The molecule has 0 bridgehead atoms. The van der Waals surface area contributed by atoms with Crippen LogP contribution in [0.3, 0.4) is 0 Å². The highest BCUT2D eigenvalue weighted by molar-refractivity contribution is 5.89. The van der Waals surface area contributed by atoms with Gasteiger partial charge in [-0.1, -0.05) is 0 Å². The SMILES string of the molecule is O=C(O)c1cc(NCc2ccoc2)ccc1F. The lowest BCUT2D eigenvalue weighted by molar-refractivity contribution is 0.0692. The van der Waals surface area contributed by atoms with Gasteiger partial charge in [-0.25, -0.2) is 9.18 Å². The van der Waals surface area contributed by atoms with E-state index in [9.17, 15) is 9.18 Å². The van der Waals surface area contributed by atoms with Crippen LogP contribution in [-0.4, -0.2) is 11.1 Å². The highest BCUT2D eigenvalue weighted by atomic mass is 19.1. The van der Waals surface area contributed by atoms with Crippen LogP contribution in [-0.2, 0) is 6.54 Å². The predicted molar refractivity (Wildman–Crippen MR) is 59.4 cm³/mol. The molecule has 1 heterocycles. The van der Waals surface area contributed by atoms with Gasteiger partial charge in [0, 0.05) is 17.8 Å². The van der Waals surface area contributed by atoms with Crippen molar-refractivity contribution >= 4 is 11.7 Å². The van der Waals surface area contributed by atoms with E-state index < -0.39 is 11.8 Å². The van der Waals surface area contributed by atoms with Crippen molar-refractivity contribution in [3.63, 3.8) is 0 Å². The molecule has 1 aromatic carbocycles. The van der Waals surface area contributed by atoms with Crippen molar-refractivity contribution in [3.05, 3.63) is 53.7 Å². The number of aromatic carboxylic acids is 1. The van der Waals surface area contributed by atoms with Crippen molar-refractivity contribution < 1.29 is 18.7 Å². The molecule has 0 fully saturated rings. The lowest BCUT2D eigenvalue weighted by Gasteiger charge is -2.06. The van der Waals surface area contributed by atoms with E-state index in [1.807, 2.05) is 0 Å². The second-order valence-electron chi connectivity index (χ2n) is 3.48. The molecule has 5 heteroatoms. The van der Waals surface area contributed by atoms with E-state index in [4.69, 9.17) is 9.52 Å². The predicted octanol–water partition coefficient (Wildman–Crippen LogP) is 2.73. The summed E-state index contributed by atoms with van der Waals surface area (Å²) in [6.45, 7) is 0.487. The van der Waals surface area contributed by atoms with Crippen LogP contribution in [0.5, 0.6) is 0 Å². The average Bonchev–Trinajstić information content (AvgIpc) is 2.80. The first-order valence-electron chi connectivity index (χ1n) is 4.94. The molecule has 0 aliphatic rings. The van der Waals surface area contributed by atoms with Crippen LogP contribution in [0, 0.1) is 5.82 Å². The summed E-state index contributed by atoms with van der Waals surface area (Å²) < 4.78 is 18.0. The molecule has 0 radical (unpaired) electrons. The molecule has 2 aromatic rings. The Balaban J connectivity index is 2.11. The van der Waals surface area contributed by atoms with Gasteiger partial charge in [0.25, 0.3) is 0 Å². The van der Waals surface area contributed by atoms with Gasteiger partial charge in [-0.15, -0.1) is 0 Å². The lowest BCUT2D eigenvalue weighted by atomic mass is 10.2. The van der Waals surface area contributed by atoms with Crippen molar-refractivity contribution in [2.24, 2.45) is 0 Å². The lowest BCUT2D eigenvalue weighted by Crippen LogP contribution is -2.03. The van der Waals surface area contributed by atoms with Gasteiger partial charge >= 0.3 is 5.97 Å². The minimum Gasteiger partial charge on any atom is -0.478 e. The molecular weight excluding hydrogens is 225 g/mol. The van der Waals surface area contributed by atoms with Crippen molar-refractivity contribution in [1.82, 2.24) is 0 Å².